The lowest BCUT2D eigenvalue weighted by molar-refractivity contribution is -0.139. The second kappa shape index (κ2) is 11.4. The number of aromatic nitrogens is 1. The number of rotatable bonds is 9. The highest BCUT2D eigenvalue weighted by molar-refractivity contribution is 6.00. The van der Waals surface area contributed by atoms with E-state index in [0.717, 1.165) is 27.6 Å². The number of amides is 1. The fourth-order valence-electron chi connectivity index (χ4n) is 4.59. The highest BCUT2D eigenvalue weighted by Crippen LogP contribution is 2.35. The summed E-state index contributed by atoms with van der Waals surface area (Å²) in [6, 6.07) is 18.2. The van der Waals surface area contributed by atoms with Gasteiger partial charge in [0.25, 0.3) is 5.91 Å². The third-order valence-electron chi connectivity index (χ3n) is 6.36. The number of carboxylic acids is 1. The number of nitrogens with one attached hydrogen (secondary N) is 1. The number of halogens is 1. The Kier molecular flexibility index (Phi) is 8.02. The minimum absolute atomic E-state index is 0.0145. The predicted octanol–water partition coefficient (Wildman–Crippen LogP) is 4.85. The van der Waals surface area contributed by atoms with Gasteiger partial charge in [0.1, 0.15) is 23.3 Å². The number of hydrogen-bond donors (Lipinski definition) is 2. The molecular formula is C30H30FN3O4. The summed E-state index contributed by atoms with van der Waals surface area (Å²) < 4.78 is 19.9. The van der Waals surface area contributed by atoms with Gasteiger partial charge in [-0.25, -0.2) is 14.2 Å². The van der Waals surface area contributed by atoms with Crippen LogP contribution in [0.3, 0.4) is 0 Å². The Hall–Kier alpha value is -4.30. The van der Waals surface area contributed by atoms with Crippen LogP contribution in [0.2, 0.25) is 0 Å². The molecule has 196 valence electrons. The first-order valence-electron chi connectivity index (χ1n) is 12.2. The van der Waals surface area contributed by atoms with E-state index in [-0.39, 0.29) is 12.0 Å². The number of pyridine rings is 1. The quantitative estimate of drug-likeness (QED) is 0.331. The van der Waals surface area contributed by atoms with Crippen molar-refractivity contribution in [3.8, 4) is 17.0 Å². The van der Waals surface area contributed by atoms with Crippen molar-refractivity contribution >= 4 is 22.6 Å². The zero-order valence-electron chi connectivity index (χ0n) is 21.8. The first-order chi connectivity index (χ1) is 18.2. The number of nitrogens with zero attached hydrogens (tertiary/aromatic N) is 2. The summed E-state index contributed by atoms with van der Waals surface area (Å²) >= 11 is 0. The Labute approximate surface area is 220 Å². The van der Waals surface area contributed by atoms with Gasteiger partial charge in [0.15, 0.2) is 0 Å². The van der Waals surface area contributed by atoms with E-state index in [2.05, 4.69) is 5.32 Å². The van der Waals surface area contributed by atoms with E-state index in [4.69, 9.17) is 9.72 Å². The molecule has 4 aromatic rings. The van der Waals surface area contributed by atoms with Gasteiger partial charge >= 0.3 is 5.97 Å². The molecule has 0 aliphatic carbocycles. The molecule has 0 fully saturated rings. The fourth-order valence-corrected chi connectivity index (χ4v) is 4.59. The van der Waals surface area contributed by atoms with Crippen LogP contribution in [0.25, 0.3) is 22.0 Å². The van der Waals surface area contributed by atoms with Crippen molar-refractivity contribution in [1.82, 2.24) is 15.2 Å². The SMILES string of the molecule is COc1ccc(CN(C)C)nc1-c1cccc2c(C[C@H](NC(=O)c3c(C)cccc3F)C(=O)O)cccc12. The minimum atomic E-state index is -1.26. The number of carbonyl (C=O) groups is 2. The highest BCUT2D eigenvalue weighted by Gasteiger charge is 2.25. The monoisotopic (exact) mass is 515 g/mol. The van der Waals surface area contributed by atoms with Crippen LogP contribution in [0, 0.1) is 12.7 Å². The summed E-state index contributed by atoms with van der Waals surface area (Å²) in [6.07, 6.45) is 0.0145. The molecular weight excluding hydrogens is 485 g/mol. The maximum Gasteiger partial charge on any atom is 0.326 e. The summed E-state index contributed by atoms with van der Waals surface area (Å²) in [5.41, 5.74) is 3.42. The van der Waals surface area contributed by atoms with Crippen molar-refractivity contribution in [2.24, 2.45) is 0 Å². The summed E-state index contributed by atoms with van der Waals surface area (Å²) in [4.78, 5) is 31.9. The van der Waals surface area contributed by atoms with Gasteiger partial charge in [-0.2, -0.15) is 0 Å². The fraction of sp³-hybridized carbons (Fsp3) is 0.233. The van der Waals surface area contributed by atoms with E-state index in [9.17, 15) is 19.1 Å². The lowest BCUT2D eigenvalue weighted by atomic mass is 9.94. The molecule has 1 heterocycles. The highest BCUT2D eigenvalue weighted by atomic mass is 19.1. The van der Waals surface area contributed by atoms with Gasteiger partial charge < -0.3 is 20.1 Å². The standard InChI is InChI=1S/C30H30FN3O4/c1-18-8-5-13-24(31)27(18)29(35)33-25(30(36)37)16-19-9-6-11-22-21(19)10-7-12-23(22)28-26(38-4)15-14-20(32-28)17-34(2)3/h5-15,25H,16-17H2,1-4H3,(H,33,35)(H,36,37)/t25-/m0/s1. The van der Waals surface area contributed by atoms with Gasteiger partial charge in [0.05, 0.1) is 18.4 Å². The first-order valence-corrected chi connectivity index (χ1v) is 12.2. The summed E-state index contributed by atoms with van der Waals surface area (Å²) in [5.74, 6) is -2.04. The number of benzene rings is 3. The third kappa shape index (κ3) is 5.65. The van der Waals surface area contributed by atoms with Crippen molar-refractivity contribution in [3.63, 3.8) is 0 Å². The van der Waals surface area contributed by atoms with Crippen LogP contribution in [0.1, 0.15) is 27.2 Å². The van der Waals surface area contributed by atoms with Crippen molar-refractivity contribution < 1.29 is 23.8 Å². The normalized spacial score (nSPS) is 11.9. The Bertz CT molecular complexity index is 1480. The predicted molar refractivity (Wildman–Crippen MR) is 145 cm³/mol. The van der Waals surface area contributed by atoms with E-state index in [0.29, 0.717) is 23.6 Å². The lowest BCUT2D eigenvalue weighted by Gasteiger charge is -2.18. The Morgan fingerprint density at radius 2 is 1.74 bits per heavy atom. The van der Waals surface area contributed by atoms with Gasteiger partial charge in [0.2, 0.25) is 0 Å². The van der Waals surface area contributed by atoms with Gasteiger partial charge in [-0.1, -0.05) is 48.5 Å². The molecule has 7 nitrogen and oxygen atoms in total. The molecule has 1 atom stereocenters. The van der Waals surface area contributed by atoms with E-state index in [1.807, 2.05) is 67.5 Å². The molecule has 0 saturated carbocycles. The number of ether oxygens (including phenoxy) is 1. The van der Waals surface area contributed by atoms with E-state index in [1.165, 1.54) is 12.1 Å². The number of carbonyl (C=O) groups excluding carboxylic acids is 1. The van der Waals surface area contributed by atoms with Crippen LogP contribution in [-0.2, 0) is 17.8 Å². The van der Waals surface area contributed by atoms with Crippen molar-refractivity contribution in [1.29, 1.82) is 0 Å². The lowest BCUT2D eigenvalue weighted by Crippen LogP contribution is -2.42. The zero-order valence-corrected chi connectivity index (χ0v) is 21.8. The third-order valence-corrected chi connectivity index (χ3v) is 6.36. The number of aryl methyl sites for hydroxylation is 1. The van der Waals surface area contributed by atoms with Gasteiger partial charge in [-0.05, 0) is 61.1 Å². The molecule has 0 bridgehead atoms. The number of aliphatic carboxylic acids is 1. The van der Waals surface area contributed by atoms with Crippen molar-refractivity contribution in [3.05, 3.63) is 94.9 Å². The van der Waals surface area contributed by atoms with E-state index < -0.39 is 23.7 Å². The first kappa shape index (κ1) is 26.8. The van der Waals surface area contributed by atoms with Gasteiger partial charge in [0, 0.05) is 18.5 Å². The molecule has 3 aromatic carbocycles. The molecule has 0 unspecified atom stereocenters. The van der Waals surface area contributed by atoms with Crippen LogP contribution < -0.4 is 10.1 Å². The number of methoxy groups -OCH3 is 1. The van der Waals surface area contributed by atoms with Crippen molar-refractivity contribution in [2.75, 3.05) is 21.2 Å². The van der Waals surface area contributed by atoms with Gasteiger partial charge in [-0.3, -0.25) is 4.79 Å². The summed E-state index contributed by atoms with van der Waals surface area (Å²) in [7, 11) is 5.54. The smallest absolute Gasteiger partial charge is 0.326 e. The van der Waals surface area contributed by atoms with Gasteiger partial charge in [-0.15, -0.1) is 0 Å². The Morgan fingerprint density at radius 1 is 1.03 bits per heavy atom. The average Bonchev–Trinajstić information content (AvgIpc) is 2.87. The van der Waals surface area contributed by atoms with Crippen LogP contribution in [0.5, 0.6) is 5.75 Å². The molecule has 0 saturated heterocycles. The molecule has 1 aromatic heterocycles. The van der Waals surface area contributed by atoms with Crippen LogP contribution in [-0.4, -0.2) is 54.1 Å². The topological polar surface area (TPSA) is 91.8 Å². The molecule has 0 aliphatic rings. The van der Waals surface area contributed by atoms with Crippen LogP contribution in [0.4, 0.5) is 4.39 Å². The second-order valence-corrected chi connectivity index (χ2v) is 9.41. The van der Waals surface area contributed by atoms with Crippen LogP contribution >= 0.6 is 0 Å². The summed E-state index contributed by atoms with van der Waals surface area (Å²) in [5, 5.41) is 14.1. The number of fused-ring (bicyclic) bond motifs is 1. The maximum absolute atomic E-state index is 14.3. The molecule has 0 spiro atoms. The number of hydrogen-bond acceptors (Lipinski definition) is 5. The van der Waals surface area contributed by atoms with E-state index >= 15 is 0 Å². The van der Waals surface area contributed by atoms with Crippen LogP contribution in [0.15, 0.2) is 66.7 Å². The zero-order chi connectivity index (χ0) is 27.4. The molecule has 8 heteroatoms. The molecule has 38 heavy (non-hydrogen) atoms. The van der Waals surface area contributed by atoms with Crippen molar-refractivity contribution in [2.45, 2.75) is 25.9 Å². The maximum atomic E-state index is 14.3. The molecule has 0 radical (unpaired) electrons. The molecule has 2 N–H and O–H groups in total. The second-order valence-electron chi connectivity index (χ2n) is 9.41. The Balaban J connectivity index is 1.72. The number of carboxylic acid groups (broad SMARTS) is 1. The Morgan fingerprint density at radius 3 is 2.42 bits per heavy atom. The largest absolute Gasteiger partial charge is 0.494 e. The molecule has 0 aliphatic heterocycles. The molecule has 4 rings (SSSR count). The average molecular weight is 516 g/mol. The molecule has 1 amide bonds. The minimum Gasteiger partial charge on any atom is -0.494 e. The van der Waals surface area contributed by atoms with E-state index in [1.54, 1.807) is 20.1 Å². The summed E-state index contributed by atoms with van der Waals surface area (Å²) in [6.45, 7) is 2.27.